The van der Waals surface area contributed by atoms with Crippen molar-refractivity contribution < 1.29 is 19.1 Å². The molecule has 1 aromatic rings. The summed E-state index contributed by atoms with van der Waals surface area (Å²) in [7, 11) is 0. The number of ether oxygens (including phenoxy) is 1. The summed E-state index contributed by atoms with van der Waals surface area (Å²) >= 11 is 3.27. The van der Waals surface area contributed by atoms with Gasteiger partial charge in [-0.15, -0.1) is 0 Å². The molecule has 1 heterocycles. The number of hydrogen-bond donors (Lipinski definition) is 0. The Balaban J connectivity index is 2.36. The van der Waals surface area contributed by atoms with Gasteiger partial charge in [0.1, 0.15) is 6.54 Å². The SMILES string of the molecule is CCOC(=O)CN1C(=O)C(=O)c2cccc(Br)c21. The topological polar surface area (TPSA) is 63.7 Å². The van der Waals surface area contributed by atoms with E-state index in [1.807, 2.05) is 0 Å². The molecule has 0 atom stereocenters. The molecule has 1 aliphatic heterocycles. The second kappa shape index (κ2) is 4.89. The molecular formula is C12H10BrNO4. The normalized spacial score (nSPS) is 13.8. The molecule has 1 aliphatic rings. The maximum Gasteiger partial charge on any atom is 0.326 e. The minimum absolute atomic E-state index is 0.234. The highest BCUT2D eigenvalue weighted by Crippen LogP contribution is 2.35. The molecule has 1 aromatic carbocycles. The van der Waals surface area contributed by atoms with E-state index in [1.54, 1.807) is 25.1 Å². The number of halogens is 1. The van der Waals surface area contributed by atoms with Gasteiger partial charge in [0.15, 0.2) is 0 Å². The van der Waals surface area contributed by atoms with Gasteiger partial charge in [-0.1, -0.05) is 6.07 Å². The second-order valence-electron chi connectivity index (χ2n) is 3.66. The van der Waals surface area contributed by atoms with Crippen LogP contribution < -0.4 is 4.90 Å². The molecule has 0 fully saturated rings. The Morgan fingerprint density at radius 1 is 1.39 bits per heavy atom. The summed E-state index contributed by atoms with van der Waals surface area (Å²) in [6, 6.07) is 4.94. The molecular weight excluding hydrogens is 302 g/mol. The fourth-order valence-electron chi connectivity index (χ4n) is 1.80. The third-order valence-electron chi connectivity index (χ3n) is 2.53. The van der Waals surface area contributed by atoms with Crippen molar-refractivity contribution >= 4 is 39.3 Å². The van der Waals surface area contributed by atoms with E-state index in [2.05, 4.69) is 15.9 Å². The van der Waals surface area contributed by atoms with Gasteiger partial charge in [0.25, 0.3) is 11.7 Å². The van der Waals surface area contributed by atoms with Gasteiger partial charge in [-0.25, -0.2) is 0 Å². The molecule has 0 unspecified atom stereocenters. The minimum atomic E-state index is -0.704. The predicted molar refractivity (Wildman–Crippen MR) is 67.5 cm³/mol. The first-order chi connectivity index (χ1) is 8.56. The first-order valence-electron chi connectivity index (χ1n) is 5.36. The highest BCUT2D eigenvalue weighted by molar-refractivity contribution is 9.10. The summed E-state index contributed by atoms with van der Waals surface area (Å²) in [5.41, 5.74) is 0.735. The Hall–Kier alpha value is -1.69. The zero-order valence-electron chi connectivity index (χ0n) is 9.60. The maximum absolute atomic E-state index is 11.8. The van der Waals surface area contributed by atoms with Crippen LogP contribution in [0.4, 0.5) is 5.69 Å². The average Bonchev–Trinajstić information content (AvgIpc) is 2.56. The van der Waals surface area contributed by atoms with Crippen LogP contribution in [0.3, 0.4) is 0 Å². The summed E-state index contributed by atoms with van der Waals surface area (Å²) in [4.78, 5) is 36.1. The van der Waals surface area contributed by atoms with Crippen LogP contribution >= 0.6 is 15.9 Å². The molecule has 0 N–H and O–H groups in total. The number of rotatable bonds is 3. The average molecular weight is 312 g/mol. The molecule has 2 rings (SSSR count). The van der Waals surface area contributed by atoms with Gasteiger partial charge in [0.05, 0.1) is 17.9 Å². The monoisotopic (exact) mass is 311 g/mol. The fourth-order valence-corrected chi connectivity index (χ4v) is 2.38. The quantitative estimate of drug-likeness (QED) is 0.627. The number of amides is 1. The third kappa shape index (κ3) is 2.03. The van der Waals surface area contributed by atoms with E-state index in [-0.39, 0.29) is 13.2 Å². The van der Waals surface area contributed by atoms with Crippen molar-refractivity contribution in [2.75, 3.05) is 18.1 Å². The number of fused-ring (bicyclic) bond motifs is 1. The van der Waals surface area contributed by atoms with E-state index in [1.165, 1.54) is 0 Å². The van der Waals surface area contributed by atoms with Crippen molar-refractivity contribution in [1.82, 2.24) is 0 Å². The Bertz CT molecular complexity index is 541. The number of nitrogens with zero attached hydrogens (tertiary/aromatic N) is 1. The predicted octanol–water partition coefficient (Wildman–Crippen LogP) is 1.54. The van der Waals surface area contributed by atoms with Crippen molar-refractivity contribution in [3.05, 3.63) is 28.2 Å². The van der Waals surface area contributed by atoms with E-state index < -0.39 is 17.7 Å². The van der Waals surface area contributed by atoms with Crippen molar-refractivity contribution in [3.63, 3.8) is 0 Å². The van der Waals surface area contributed by atoms with Crippen LogP contribution in [0.1, 0.15) is 17.3 Å². The first kappa shape index (κ1) is 12.8. The molecule has 1 amide bonds. The van der Waals surface area contributed by atoms with Crippen molar-refractivity contribution in [1.29, 1.82) is 0 Å². The standard InChI is InChI=1S/C12H10BrNO4/c1-2-18-9(15)6-14-10-7(11(16)12(14)17)4-3-5-8(10)13/h3-5H,2,6H2,1H3. The molecule has 6 heteroatoms. The molecule has 5 nitrogen and oxygen atoms in total. The lowest BCUT2D eigenvalue weighted by Gasteiger charge is -2.16. The highest BCUT2D eigenvalue weighted by Gasteiger charge is 2.38. The molecule has 94 valence electrons. The highest BCUT2D eigenvalue weighted by atomic mass is 79.9. The van der Waals surface area contributed by atoms with Crippen molar-refractivity contribution in [3.8, 4) is 0 Å². The number of para-hydroxylation sites is 1. The number of hydrogen-bond acceptors (Lipinski definition) is 4. The van der Waals surface area contributed by atoms with Crippen molar-refractivity contribution in [2.24, 2.45) is 0 Å². The zero-order chi connectivity index (χ0) is 13.3. The number of benzene rings is 1. The molecule has 18 heavy (non-hydrogen) atoms. The van der Waals surface area contributed by atoms with Gasteiger partial charge in [-0.2, -0.15) is 0 Å². The Morgan fingerprint density at radius 2 is 2.11 bits per heavy atom. The van der Waals surface area contributed by atoms with Gasteiger partial charge in [-0.05, 0) is 35.0 Å². The maximum atomic E-state index is 11.8. The fraction of sp³-hybridized carbons (Fsp3) is 0.250. The number of esters is 1. The lowest BCUT2D eigenvalue weighted by molar-refractivity contribution is -0.142. The Labute approximate surface area is 112 Å². The van der Waals surface area contributed by atoms with Gasteiger partial charge < -0.3 is 4.74 Å². The molecule has 0 saturated carbocycles. The summed E-state index contributed by atoms with van der Waals surface area (Å²) in [5, 5.41) is 0. The van der Waals surface area contributed by atoms with Crippen LogP contribution in [-0.2, 0) is 14.3 Å². The molecule has 0 aliphatic carbocycles. The van der Waals surface area contributed by atoms with E-state index >= 15 is 0 Å². The number of carbonyl (C=O) groups is 3. The Kier molecular flexibility index (Phi) is 3.47. The van der Waals surface area contributed by atoms with Crippen LogP contribution in [0.25, 0.3) is 0 Å². The lowest BCUT2D eigenvalue weighted by Crippen LogP contribution is -2.35. The van der Waals surface area contributed by atoms with Crippen LogP contribution in [0, 0.1) is 0 Å². The summed E-state index contributed by atoms with van der Waals surface area (Å²) in [5.74, 6) is -1.84. The number of anilines is 1. The first-order valence-corrected chi connectivity index (χ1v) is 6.16. The molecule has 0 radical (unpaired) electrons. The van der Waals surface area contributed by atoms with Crippen molar-refractivity contribution in [2.45, 2.75) is 6.92 Å². The number of Topliss-reactive ketones (excluding diaryl/α,β-unsaturated/α-hetero) is 1. The van der Waals surface area contributed by atoms with Gasteiger partial charge in [0.2, 0.25) is 0 Å². The Morgan fingerprint density at radius 3 is 2.78 bits per heavy atom. The number of carbonyl (C=O) groups excluding carboxylic acids is 3. The van der Waals surface area contributed by atoms with E-state index in [4.69, 9.17) is 4.74 Å². The summed E-state index contributed by atoms with van der Waals surface area (Å²) < 4.78 is 5.38. The van der Waals surface area contributed by atoms with Crippen LogP contribution in [0.2, 0.25) is 0 Å². The van der Waals surface area contributed by atoms with Gasteiger partial charge in [-0.3, -0.25) is 19.3 Å². The zero-order valence-corrected chi connectivity index (χ0v) is 11.2. The van der Waals surface area contributed by atoms with Crippen LogP contribution in [0.5, 0.6) is 0 Å². The molecule has 0 bridgehead atoms. The van der Waals surface area contributed by atoms with Crippen LogP contribution in [0.15, 0.2) is 22.7 Å². The molecule has 0 aromatic heterocycles. The summed E-state index contributed by atoms with van der Waals surface area (Å²) in [6.07, 6.45) is 0. The van der Waals surface area contributed by atoms with E-state index in [0.29, 0.717) is 15.7 Å². The van der Waals surface area contributed by atoms with E-state index in [0.717, 1.165) is 4.90 Å². The molecule has 0 spiro atoms. The number of ketones is 1. The smallest absolute Gasteiger partial charge is 0.326 e. The second-order valence-corrected chi connectivity index (χ2v) is 4.52. The largest absolute Gasteiger partial charge is 0.465 e. The summed E-state index contributed by atoms with van der Waals surface area (Å²) in [6.45, 7) is 1.66. The molecule has 0 saturated heterocycles. The van der Waals surface area contributed by atoms with Crippen LogP contribution in [-0.4, -0.2) is 30.8 Å². The van der Waals surface area contributed by atoms with E-state index in [9.17, 15) is 14.4 Å². The third-order valence-corrected chi connectivity index (χ3v) is 3.17. The van der Waals surface area contributed by atoms with Gasteiger partial charge >= 0.3 is 5.97 Å². The van der Waals surface area contributed by atoms with Gasteiger partial charge in [0, 0.05) is 4.47 Å². The lowest BCUT2D eigenvalue weighted by atomic mass is 10.1. The minimum Gasteiger partial charge on any atom is -0.465 e.